The average molecular weight is 275 g/mol. The second kappa shape index (κ2) is 5.54. The lowest BCUT2D eigenvalue weighted by atomic mass is 9.92. The van der Waals surface area contributed by atoms with Gasteiger partial charge < -0.3 is 14.8 Å². The second-order valence-corrected chi connectivity index (χ2v) is 5.60. The van der Waals surface area contributed by atoms with Crippen LogP contribution in [0.5, 0.6) is 0 Å². The summed E-state index contributed by atoms with van der Waals surface area (Å²) in [5.74, 6) is 1.21. The molecule has 0 spiro atoms. The van der Waals surface area contributed by atoms with E-state index in [0.29, 0.717) is 18.4 Å². The van der Waals surface area contributed by atoms with Crippen LogP contribution < -0.4 is 5.32 Å². The van der Waals surface area contributed by atoms with Crippen molar-refractivity contribution in [3.8, 4) is 0 Å². The van der Waals surface area contributed by atoms with E-state index in [4.69, 9.17) is 9.47 Å². The molecule has 0 heterocycles. The van der Waals surface area contributed by atoms with Gasteiger partial charge in [-0.15, -0.1) is 0 Å². The van der Waals surface area contributed by atoms with Gasteiger partial charge in [-0.3, -0.25) is 4.79 Å². The molecule has 1 aromatic rings. The summed E-state index contributed by atoms with van der Waals surface area (Å²) in [5, 5.41) is 2.94. The summed E-state index contributed by atoms with van der Waals surface area (Å²) in [4.78, 5) is 12.3. The van der Waals surface area contributed by atoms with Gasteiger partial charge in [-0.05, 0) is 35.8 Å². The van der Waals surface area contributed by atoms with Gasteiger partial charge in [-0.2, -0.15) is 0 Å². The Morgan fingerprint density at radius 1 is 1.35 bits per heavy atom. The molecule has 3 unspecified atom stereocenters. The summed E-state index contributed by atoms with van der Waals surface area (Å²) in [6, 6.07) is 8.51. The largest absolute Gasteiger partial charge is 0.354 e. The van der Waals surface area contributed by atoms with Gasteiger partial charge in [0.15, 0.2) is 6.29 Å². The molecule has 0 aliphatic heterocycles. The van der Waals surface area contributed by atoms with Crippen LogP contribution in [-0.4, -0.2) is 33.0 Å². The Morgan fingerprint density at radius 3 is 2.85 bits per heavy atom. The van der Waals surface area contributed by atoms with Gasteiger partial charge in [-0.25, -0.2) is 0 Å². The average Bonchev–Trinajstić information content (AvgIpc) is 3.23. The molecule has 1 saturated carbocycles. The minimum atomic E-state index is -0.369. The molecule has 1 aromatic carbocycles. The molecule has 0 saturated heterocycles. The van der Waals surface area contributed by atoms with Crippen LogP contribution in [0.1, 0.15) is 23.5 Å². The zero-order chi connectivity index (χ0) is 14.1. The van der Waals surface area contributed by atoms with Crippen molar-refractivity contribution in [2.24, 2.45) is 11.8 Å². The molecule has 0 bridgehead atoms. The van der Waals surface area contributed by atoms with Crippen LogP contribution in [-0.2, 0) is 20.7 Å². The van der Waals surface area contributed by atoms with Crippen molar-refractivity contribution in [3.63, 3.8) is 0 Å². The molecule has 20 heavy (non-hydrogen) atoms. The van der Waals surface area contributed by atoms with E-state index in [9.17, 15) is 4.79 Å². The standard InChI is InChI=1S/C16H21NO3/c1-19-13(20-2)9-17-16(18)15-12-8-7-10-5-3-4-6-11(10)14(12)15/h3-6,12-15H,7-9H2,1-2H3,(H,17,18). The Bertz CT molecular complexity index is 498. The maximum Gasteiger partial charge on any atom is 0.224 e. The van der Waals surface area contributed by atoms with Gasteiger partial charge in [0.05, 0.1) is 6.54 Å². The van der Waals surface area contributed by atoms with Gasteiger partial charge in [0, 0.05) is 20.1 Å². The van der Waals surface area contributed by atoms with E-state index in [2.05, 4.69) is 29.6 Å². The first-order valence-electron chi connectivity index (χ1n) is 7.17. The first kappa shape index (κ1) is 13.6. The fourth-order valence-electron chi connectivity index (χ4n) is 3.49. The van der Waals surface area contributed by atoms with E-state index >= 15 is 0 Å². The van der Waals surface area contributed by atoms with Gasteiger partial charge in [0.2, 0.25) is 5.91 Å². The van der Waals surface area contributed by atoms with Gasteiger partial charge in [0.1, 0.15) is 0 Å². The van der Waals surface area contributed by atoms with E-state index < -0.39 is 0 Å². The third-order valence-electron chi connectivity index (χ3n) is 4.60. The highest BCUT2D eigenvalue weighted by Crippen LogP contribution is 2.59. The molecule has 3 rings (SSSR count). The lowest BCUT2D eigenvalue weighted by Gasteiger charge is -2.14. The molecular weight excluding hydrogens is 254 g/mol. The highest BCUT2D eigenvalue weighted by molar-refractivity contribution is 5.84. The lowest BCUT2D eigenvalue weighted by molar-refractivity contribution is -0.128. The number of fused-ring (bicyclic) bond motifs is 3. The van der Waals surface area contributed by atoms with Crippen molar-refractivity contribution < 1.29 is 14.3 Å². The summed E-state index contributed by atoms with van der Waals surface area (Å²) < 4.78 is 10.2. The smallest absolute Gasteiger partial charge is 0.224 e. The van der Waals surface area contributed by atoms with Crippen molar-refractivity contribution in [2.45, 2.75) is 25.0 Å². The third-order valence-corrected chi connectivity index (χ3v) is 4.60. The number of rotatable bonds is 5. The molecule has 2 aliphatic rings. The summed E-state index contributed by atoms with van der Waals surface area (Å²) in [7, 11) is 3.15. The molecule has 4 heteroatoms. The van der Waals surface area contributed by atoms with Crippen LogP contribution in [0.3, 0.4) is 0 Å². The quantitative estimate of drug-likeness (QED) is 0.832. The number of benzene rings is 1. The van der Waals surface area contributed by atoms with Crippen LogP contribution in [0.25, 0.3) is 0 Å². The first-order chi connectivity index (χ1) is 9.76. The van der Waals surface area contributed by atoms with Crippen LogP contribution in [0.4, 0.5) is 0 Å². The number of ether oxygens (including phenoxy) is 2. The summed E-state index contributed by atoms with van der Waals surface area (Å²) >= 11 is 0. The highest BCUT2D eigenvalue weighted by Gasteiger charge is 2.56. The maximum absolute atomic E-state index is 12.3. The number of nitrogens with one attached hydrogen (secondary N) is 1. The molecular formula is C16H21NO3. The molecule has 2 aliphatic carbocycles. The molecule has 1 amide bonds. The molecule has 108 valence electrons. The zero-order valence-electron chi connectivity index (χ0n) is 12.0. The van der Waals surface area contributed by atoms with Crippen molar-refractivity contribution in [1.29, 1.82) is 0 Å². The minimum Gasteiger partial charge on any atom is -0.354 e. The summed E-state index contributed by atoms with van der Waals surface area (Å²) in [6.45, 7) is 0.406. The maximum atomic E-state index is 12.3. The number of carbonyl (C=O) groups excluding carboxylic acids is 1. The van der Waals surface area contributed by atoms with Crippen LogP contribution in [0.15, 0.2) is 24.3 Å². The number of amides is 1. The Labute approximate surface area is 119 Å². The number of carbonyl (C=O) groups is 1. The van der Waals surface area contributed by atoms with Gasteiger partial charge in [-0.1, -0.05) is 24.3 Å². The van der Waals surface area contributed by atoms with E-state index in [-0.39, 0.29) is 18.1 Å². The van der Waals surface area contributed by atoms with E-state index in [1.165, 1.54) is 11.1 Å². The van der Waals surface area contributed by atoms with Crippen LogP contribution in [0.2, 0.25) is 0 Å². The fraction of sp³-hybridized carbons (Fsp3) is 0.562. The molecule has 3 atom stereocenters. The number of hydrogen-bond donors (Lipinski definition) is 1. The summed E-state index contributed by atoms with van der Waals surface area (Å²) in [6.07, 6.45) is 1.85. The normalized spacial score (nSPS) is 26.9. The predicted molar refractivity (Wildman–Crippen MR) is 75.3 cm³/mol. The number of hydrogen-bond acceptors (Lipinski definition) is 3. The Morgan fingerprint density at radius 2 is 2.10 bits per heavy atom. The van der Waals surface area contributed by atoms with Crippen molar-refractivity contribution >= 4 is 5.91 Å². The Kier molecular flexibility index (Phi) is 3.76. The van der Waals surface area contributed by atoms with Crippen LogP contribution >= 0.6 is 0 Å². The van der Waals surface area contributed by atoms with Crippen molar-refractivity contribution in [1.82, 2.24) is 5.32 Å². The molecule has 4 nitrogen and oxygen atoms in total. The predicted octanol–water partition coefficient (Wildman–Crippen LogP) is 1.70. The molecule has 0 radical (unpaired) electrons. The molecule has 1 N–H and O–H groups in total. The SMILES string of the molecule is COC(CNC(=O)C1C2CCc3ccccc3C21)OC. The van der Waals surface area contributed by atoms with Crippen molar-refractivity contribution in [3.05, 3.63) is 35.4 Å². The minimum absolute atomic E-state index is 0.132. The van der Waals surface area contributed by atoms with Gasteiger partial charge >= 0.3 is 0 Å². The van der Waals surface area contributed by atoms with E-state index in [0.717, 1.165) is 12.8 Å². The second-order valence-electron chi connectivity index (χ2n) is 5.60. The number of methoxy groups -OCH3 is 2. The first-order valence-corrected chi connectivity index (χ1v) is 7.17. The topological polar surface area (TPSA) is 47.6 Å². The summed E-state index contributed by atoms with van der Waals surface area (Å²) in [5.41, 5.74) is 2.79. The zero-order valence-corrected chi connectivity index (χ0v) is 12.0. The van der Waals surface area contributed by atoms with E-state index in [1.54, 1.807) is 14.2 Å². The Balaban J connectivity index is 1.62. The van der Waals surface area contributed by atoms with Crippen molar-refractivity contribution in [2.75, 3.05) is 20.8 Å². The van der Waals surface area contributed by atoms with Gasteiger partial charge in [0.25, 0.3) is 0 Å². The lowest BCUT2D eigenvalue weighted by Crippen LogP contribution is -2.35. The third kappa shape index (κ3) is 2.34. The monoisotopic (exact) mass is 275 g/mol. The fourth-order valence-corrected chi connectivity index (χ4v) is 3.49. The highest BCUT2D eigenvalue weighted by atomic mass is 16.7. The van der Waals surface area contributed by atoms with Crippen LogP contribution in [0, 0.1) is 11.8 Å². The van der Waals surface area contributed by atoms with E-state index in [1.807, 2.05) is 0 Å². The number of aryl methyl sites for hydroxylation is 1. The Hall–Kier alpha value is -1.39. The molecule has 0 aromatic heterocycles. The molecule has 1 fully saturated rings.